The van der Waals surface area contributed by atoms with Crippen LogP contribution in [0.2, 0.25) is 0 Å². The van der Waals surface area contributed by atoms with Gasteiger partial charge in [0.1, 0.15) is 5.75 Å². The fraction of sp³-hybridized carbons (Fsp3) is 0. The Hall–Kier alpha value is -2.79. The molecule has 0 amide bonds. The van der Waals surface area contributed by atoms with Crippen molar-refractivity contribution < 1.29 is 9.84 Å². The van der Waals surface area contributed by atoms with Crippen LogP contribution in [0.15, 0.2) is 53.3 Å². The molecule has 4 nitrogen and oxygen atoms in total. The van der Waals surface area contributed by atoms with Gasteiger partial charge in [-0.2, -0.15) is 0 Å². The van der Waals surface area contributed by atoms with Crippen LogP contribution in [-0.4, -0.2) is 10.1 Å². The third-order valence-corrected chi connectivity index (χ3v) is 3.87. The fourth-order valence-electron chi connectivity index (χ4n) is 1.98. The third-order valence-electron chi connectivity index (χ3n) is 3.00. The monoisotopic (exact) mass is 311 g/mol. The Labute approximate surface area is 130 Å². The summed E-state index contributed by atoms with van der Waals surface area (Å²) in [6.45, 7) is 3.72. The average molecular weight is 311 g/mol. The van der Waals surface area contributed by atoms with Crippen LogP contribution in [0.25, 0.3) is 12.7 Å². The topological polar surface area (TPSA) is 62.3 Å². The molecule has 0 saturated carbocycles. The maximum Gasteiger partial charge on any atom is 0.266 e. The number of nitrogens with one attached hydrogen (secondary N) is 1. The number of thiazole rings is 1. The van der Waals surface area contributed by atoms with Crippen molar-refractivity contribution in [2.24, 2.45) is 0 Å². The average Bonchev–Trinajstić information content (AvgIpc) is 2.81. The molecule has 22 heavy (non-hydrogen) atoms. The Kier molecular flexibility index (Phi) is 3.80. The molecule has 2 aromatic carbocycles. The van der Waals surface area contributed by atoms with Crippen molar-refractivity contribution >= 4 is 24.0 Å². The molecule has 3 aromatic rings. The maximum absolute atomic E-state index is 11.8. The molecule has 0 atom stereocenters. The Balaban J connectivity index is 2.06. The minimum atomic E-state index is -0.174. The second-order valence-corrected chi connectivity index (χ2v) is 5.73. The van der Waals surface area contributed by atoms with Gasteiger partial charge in [0.25, 0.3) is 5.56 Å². The van der Waals surface area contributed by atoms with E-state index < -0.39 is 0 Å². The van der Waals surface area contributed by atoms with E-state index in [0.29, 0.717) is 20.7 Å². The number of hydrogen-bond donors (Lipinski definition) is 2. The Morgan fingerprint density at radius 3 is 2.45 bits per heavy atom. The number of phenolic OH excluding ortho intramolecular Hbond substituents is 1. The second kappa shape index (κ2) is 5.91. The van der Waals surface area contributed by atoms with Crippen molar-refractivity contribution in [2.75, 3.05) is 0 Å². The molecule has 0 unspecified atom stereocenters. The van der Waals surface area contributed by atoms with E-state index in [9.17, 15) is 9.90 Å². The first-order chi connectivity index (χ1) is 10.6. The Bertz CT molecular complexity index is 972. The zero-order valence-electron chi connectivity index (χ0n) is 11.6. The Morgan fingerprint density at radius 2 is 1.77 bits per heavy atom. The Morgan fingerprint density at radius 1 is 1.09 bits per heavy atom. The lowest BCUT2D eigenvalue weighted by atomic mass is 10.2. The summed E-state index contributed by atoms with van der Waals surface area (Å²) in [5.41, 5.74) is 0.575. The number of benzene rings is 2. The van der Waals surface area contributed by atoms with Crippen molar-refractivity contribution in [3.8, 4) is 17.2 Å². The highest BCUT2D eigenvalue weighted by Gasteiger charge is 2.06. The minimum Gasteiger partial charge on any atom is -0.504 e. The molecule has 1 heterocycles. The van der Waals surface area contributed by atoms with Crippen molar-refractivity contribution in [1.29, 1.82) is 0 Å². The zero-order chi connectivity index (χ0) is 15.5. The summed E-state index contributed by atoms with van der Waals surface area (Å²) in [7, 11) is 0. The molecule has 0 radical (unpaired) electrons. The lowest BCUT2D eigenvalue weighted by Crippen LogP contribution is -2.19. The lowest BCUT2D eigenvalue weighted by molar-refractivity contribution is 0.411. The van der Waals surface area contributed by atoms with Gasteiger partial charge >= 0.3 is 0 Å². The normalized spacial score (nSPS) is 11.5. The first kappa shape index (κ1) is 14.2. The molecule has 5 heteroatoms. The van der Waals surface area contributed by atoms with Crippen molar-refractivity contribution in [3.05, 3.63) is 73.6 Å². The quantitative estimate of drug-likeness (QED) is 0.779. The highest BCUT2D eigenvalue weighted by Crippen LogP contribution is 2.31. The molecule has 0 spiro atoms. The molecule has 0 aliphatic rings. The largest absolute Gasteiger partial charge is 0.504 e. The number of aromatic hydroxyl groups is 1. The highest BCUT2D eigenvalue weighted by molar-refractivity contribution is 7.07. The molecular formula is C17H13NO3S. The molecule has 0 bridgehead atoms. The van der Waals surface area contributed by atoms with Crippen molar-refractivity contribution in [1.82, 2.24) is 4.98 Å². The van der Waals surface area contributed by atoms with Gasteiger partial charge in [-0.1, -0.05) is 36.9 Å². The van der Waals surface area contributed by atoms with Gasteiger partial charge in [-0.15, -0.1) is 11.3 Å². The molecule has 1 aromatic heterocycles. The minimum absolute atomic E-state index is 0.0614. The first-order valence-corrected chi connectivity index (χ1v) is 7.40. The summed E-state index contributed by atoms with van der Waals surface area (Å²) in [5, 5.41) is 9.80. The van der Waals surface area contributed by atoms with Gasteiger partial charge in [0.05, 0.1) is 9.20 Å². The van der Waals surface area contributed by atoms with Gasteiger partial charge in [-0.05, 0) is 24.3 Å². The van der Waals surface area contributed by atoms with Crippen molar-refractivity contribution in [3.63, 3.8) is 0 Å². The van der Waals surface area contributed by atoms with Crippen LogP contribution in [0.5, 0.6) is 17.2 Å². The van der Waals surface area contributed by atoms with E-state index in [1.807, 2.05) is 18.2 Å². The molecule has 2 N–H and O–H groups in total. The highest BCUT2D eigenvalue weighted by atomic mass is 32.1. The summed E-state index contributed by atoms with van der Waals surface area (Å²) in [6, 6.07) is 14.1. The number of phenols is 1. The van der Waals surface area contributed by atoms with Crippen LogP contribution in [0, 0.1) is 0 Å². The third kappa shape index (κ3) is 2.94. The van der Waals surface area contributed by atoms with Gasteiger partial charge < -0.3 is 14.8 Å². The summed E-state index contributed by atoms with van der Waals surface area (Å²) in [6.07, 6.45) is 1.74. The lowest BCUT2D eigenvalue weighted by Gasteiger charge is -2.09. The molecule has 3 rings (SSSR count). The number of para-hydroxylation sites is 3. The van der Waals surface area contributed by atoms with E-state index in [-0.39, 0.29) is 11.3 Å². The summed E-state index contributed by atoms with van der Waals surface area (Å²) >= 11 is 1.29. The molecule has 0 saturated heterocycles. The molecule has 110 valence electrons. The van der Waals surface area contributed by atoms with Crippen LogP contribution in [-0.2, 0) is 0 Å². The number of rotatable bonds is 3. The molecular weight excluding hydrogens is 298 g/mol. The standard InChI is InChI=1S/C17H13NO3S/c1-11-18-17(20)16(22-11)10-12-6-2-4-8-14(12)21-15-9-5-3-7-13(15)19/h2-10,19H,1H2,(H,18,20)/b16-10-. The predicted molar refractivity (Wildman–Crippen MR) is 87.9 cm³/mol. The van der Waals surface area contributed by atoms with Crippen LogP contribution in [0.3, 0.4) is 0 Å². The first-order valence-electron chi connectivity index (χ1n) is 6.58. The van der Waals surface area contributed by atoms with Crippen LogP contribution in [0.1, 0.15) is 5.56 Å². The van der Waals surface area contributed by atoms with Crippen LogP contribution >= 0.6 is 11.3 Å². The van der Waals surface area contributed by atoms with E-state index in [4.69, 9.17) is 4.74 Å². The summed E-state index contributed by atoms with van der Waals surface area (Å²) < 4.78 is 6.92. The zero-order valence-corrected chi connectivity index (χ0v) is 12.4. The maximum atomic E-state index is 11.8. The smallest absolute Gasteiger partial charge is 0.266 e. The van der Waals surface area contributed by atoms with Crippen molar-refractivity contribution in [2.45, 2.75) is 0 Å². The van der Waals surface area contributed by atoms with E-state index in [2.05, 4.69) is 11.6 Å². The van der Waals surface area contributed by atoms with Gasteiger partial charge in [0.2, 0.25) is 0 Å². The van der Waals surface area contributed by atoms with Gasteiger partial charge in [0.15, 0.2) is 11.5 Å². The van der Waals surface area contributed by atoms with E-state index in [0.717, 1.165) is 5.56 Å². The summed E-state index contributed by atoms with van der Waals surface area (Å²) in [5.74, 6) is 0.981. The van der Waals surface area contributed by atoms with Gasteiger partial charge in [0, 0.05) is 5.56 Å². The van der Waals surface area contributed by atoms with Crippen LogP contribution < -0.4 is 19.5 Å². The SMILES string of the molecule is C=c1[nH]c(=O)/c(=C/c2ccccc2Oc2ccccc2O)s1. The predicted octanol–water partition coefficient (Wildman–Crippen LogP) is 2.17. The van der Waals surface area contributed by atoms with Crippen LogP contribution in [0.4, 0.5) is 0 Å². The van der Waals surface area contributed by atoms with E-state index in [1.54, 1.807) is 36.4 Å². The van der Waals surface area contributed by atoms with Gasteiger partial charge in [-0.25, -0.2) is 0 Å². The van der Waals surface area contributed by atoms with E-state index in [1.165, 1.54) is 11.3 Å². The number of hydrogen-bond acceptors (Lipinski definition) is 4. The molecule has 0 aliphatic heterocycles. The molecule has 0 aliphatic carbocycles. The number of aromatic nitrogens is 1. The number of aromatic amines is 1. The number of H-pyrrole nitrogens is 1. The van der Waals surface area contributed by atoms with Gasteiger partial charge in [-0.3, -0.25) is 4.79 Å². The molecule has 0 fully saturated rings. The summed E-state index contributed by atoms with van der Waals surface area (Å²) in [4.78, 5) is 14.4. The number of ether oxygens (including phenoxy) is 1. The fourth-order valence-corrected chi connectivity index (χ4v) is 2.72. The van der Waals surface area contributed by atoms with E-state index >= 15 is 0 Å². The second-order valence-electron chi connectivity index (χ2n) is 4.60.